The van der Waals surface area contributed by atoms with E-state index in [-0.39, 0.29) is 0 Å². The number of carbonyl (C=O) groups excluding carboxylic acids is 1. The maximum atomic E-state index is 10.8. The Bertz CT molecular complexity index is 139. The van der Waals surface area contributed by atoms with Crippen LogP contribution >= 0.6 is 0 Å². The van der Waals surface area contributed by atoms with Crippen molar-refractivity contribution in [3.05, 3.63) is 0 Å². The quantitative estimate of drug-likeness (QED) is 0.616. The maximum absolute atomic E-state index is 10.8. The molecule has 0 aromatic rings. The minimum absolute atomic E-state index is 0.530. The van der Waals surface area contributed by atoms with Crippen molar-refractivity contribution in [2.75, 3.05) is 6.54 Å². The maximum Gasteiger partial charge on any atom is 0.209 e. The molecule has 1 fully saturated rings. The fourth-order valence-electron chi connectivity index (χ4n) is 2.19. The zero-order valence-electron chi connectivity index (χ0n) is 8.67. The number of rotatable bonds is 3. The van der Waals surface area contributed by atoms with Gasteiger partial charge in [0.15, 0.2) is 0 Å². The van der Waals surface area contributed by atoms with Crippen LogP contribution in [0.2, 0.25) is 0 Å². The Kier molecular flexibility index (Phi) is 4.87. The fraction of sp³-hybridized carbons (Fsp3) is 0.909. The van der Waals surface area contributed by atoms with Gasteiger partial charge >= 0.3 is 0 Å². The van der Waals surface area contributed by atoms with Crippen LogP contribution in [0.25, 0.3) is 0 Å². The van der Waals surface area contributed by atoms with E-state index in [0.717, 1.165) is 13.0 Å². The van der Waals surface area contributed by atoms with Crippen molar-refractivity contribution in [3.63, 3.8) is 0 Å². The SMILES string of the molecule is CCN(C=O)C1CCCCCCC1. The molecule has 0 heterocycles. The van der Waals surface area contributed by atoms with Crippen molar-refractivity contribution < 1.29 is 4.79 Å². The van der Waals surface area contributed by atoms with Gasteiger partial charge < -0.3 is 4.90 Å². The third-order valence-corrected chi connectivity index (χ3v) is 3.04. The highest BCUT2D eigenvalue weighted by molar-refractivity contribution is 5.47. The first kappa shape index (κ1) is 10.6. The van der Waals surface area contributed by atoms with Crippen LogP contribution in [0.3, 0.4) is 0 Å². The van der Waals surface area contributed by atoms with Gasteiger partial charge in [0.2, 0.25) is 6.41 Å². The molecule has 1 saturated carbocycles. The number of nitrogens with zero attached hydrogens (tertiary/aromatic N) is 1. The Morgan fingerprint density at radius 1 is 1.15 bits per heavy atom. The van der Waals surface area contributed by atoms with Gasteiger partial charge in [-0.15, -0.1) is 0 Å². The molecular weight excluding hydrogens is 162 g/mol. The van der Waals surface area contributed by atoms with E-state index >= 15 is 0 Å². The standard InChI is InChI=1S/C11H21NO/c1-2-12(10-13)11-8-6-4-3-5-7-9-11/h10-11H,2-9H2,1H3. The molecule has 0 radical (unpaired) electrons. The van der Waals surface area contributed by atoms with Crippen LogP contribution in [0, 0.1) is 0 Å². The van der Waals surface area contributed by atoms with Crippen molar-refractivity contribution in [1.82, 2.24) is 4.90 Å². The van der Waals surface area contributed by atoms with E-state index in [1.54, 1.807) is 0 Å². The monoisotopic (exact) mass is 183 g/mol. The average molecular weight is 183 g/mol. The number of hydrogen-bond acceptors (Lipinski definition) is 1. The van der Waals surface area contributed by atoms with Crippen LogP contribution in [0.4, 0.5) is 0 Å². The molecule has 1 rings (SSSR count). The Morgan fingerprint density at radius 3 is 2.15 bits per heavy atom. The lowest BCUT2D eigenvalue weighted by atomic mass is 9.96. The van der Waals surface area contributed by atoms with E-state index in [0.29, 0.717) is 6.04 Å². The van der Waals surface area contributed by atoms with Crippen molar-refractivity contribution in [2.45, 2.75) is 57.9 Å². The molecule has 76 valence electrons. The van der Waals surface area contributed by atoms with E-state index in [1.807, 2.05) is 4.90 Å². The molecule has 0 spiro atoms. The molecule has 0 atom stereocenters. The van der Waals surface area contributed by atoms with E-state index in [4.69, 9.17) is 0 Å². The summed E-state index contributed by atoms with van der Waals surface area (Å²) in [5.41, 5.74) is 0. The predicted octanol–water partition coefficient (Wildman–Crippen LogP) is 2.58. The first-order valence-corrected chi connectivity index (χ1v) is 5.59. The largest absolute Gasteiger partial charge is 0.343 e. The summed E-state index contributed by atoms with van der Waals surface area (Å²) in [5.74, 6) is 0. The van der Waals surface area contributed by atoms with Crippen molar-refractivity contribution in [3.8, 4) is 0 Å². The summed E-state index contributed by atoms with van der Waals surface area (Å²) in [6.45, 7) is 2.93. The van der Waals surface area contributed by atoms with Gasteiger partial charge in [-0.2, -0.15) is 0 Å². The third kappa shape index (κ3) is 3.37. The molecule has 1 amide bonds. The lowest BCUT2D eigenvalue weighted by Crippen LogP contribution is -2.34. The van der Waals surface area contributed by atoms with Crippen molar-refractivity contribution >= 4 is 6.41 Å². The smallest absolute Gasteiger partial charge is 0.209 e. The van der Waals surface area contributed by atoms with Gasteiger partial charge in [-0.1, -0.05) is 32.1 Å². The molecule has 0 saturated heterocycles. The van der Waals surface area contributed by atoms with Crippen molar-refractivity contribution in [2.24, 2.45) is 0 Å². The number of carbonyl (C=O) groups is 1. The van der Waals surface area contributed by atoms with Gasteiger partial charge in [0.05, 0.1) is 0 Å². The first-order chi connectivity index (χ1) is 6.38. The molecule has 0 bridgehead atoms. The lowest BCUT2D eigenvalue weighted by molar-refractivity contribution is -0.120. The second kappa shape index (κ2) is 6.01. The topological polar surface area (TPSA) is 20.3 Å². The second-order valence-corrected chi connectivity index (χ2v) is 3.93. The van der Waals surface area contributed by atoms with E-state index in [1.165, 1.54) is 44.9 Å². The highest BCUT2D eigenvalue weighted by atomic mass is 16.1. The molecule has 0 unspecified atom stereocenters. The molecule has 1 aliphatic rings. The summed E-state index contributed by atoms with van der Waals surface area (Å²) in [5, 5.41) is 0. The van der Waals surface area contributed by atoms with Crippen LogP contribution < -0.4 is 0 Å². The van der Waals surface area contributed by atoms with Gasteiger partial charge in [0.1, 0.15) is 0 Å². The molecule has 0 N–H and O–H groups in total. The van der Waals surface area contributed by atoms with Gasteiger partial charge in [0, 0.05) is 12.6 Å². The molecule has 2 heteroatoms. The molecule has 2 nitrogen and oxygen atoms in total. The van der Waals surface area contributed by atoms with Crippen molar-refractivity contribution in [1.29, 1.82) is 0 Å². The molecule has 1 aliphatic carbocycles. The summed E-state index contributed by atoms with van der Waals surface area (Å²) in [6.07, 6.45) is 10.1. The predicted molar refractivity (Wildman–Crippen MR) is 54.6 cm³/mol. The molecular formula is C11H21NO. The van der Waals surface area contributed by atoms with Crippen LogP contribution in [0.5, 0.6) is 0 Å². The average Bonchev–Trinajstić information content (AvgIpc) is 2.09. The second-order valence-electron chi connectivity index (χ2n) is 3.93. The van der Waals surface area contributed by atoms with E-state index in [9.17, 15) is 4.79 Å². The highest BCUT2D eigenvalue weighted by Crippen LogP contribution is 2.20. The summed E-state index contributed by atoms with van der Waals surface area (Å²) < 4.78 is 0. The Balaban J connectivity index is 2.39. The van der Waals surface area contributed by atoms with Crippen LogP contribution in [0.15, 0.2) is 0 Å². The van der Waals surface area contributed by atoms with Gasteiger partial charge in [-0.05, 0) is 19.8 Å². The van der Waals surface area contributed by atoms with Crippen LogP contribution in [-0.2, 0) is 4.79 Å². The fourth-order valence-corrected chi connectivity index (χ4v) is 2.19. The Labute approximate surface area is 81.3 Å². The summed E-state index contributed by atoms with van der Waals surface area (Å²) >= 11 is 0. The molecule has 0 aliphatic heterocycles. The Morgan fingerprint density at radius 2 is 1.69 bits per heavy atom. The minimum Gasteiger partial charge on any atom is -0.343 e. The normalized spacial score (nSPS) is 20.4. The zero-order valence-corrected chi connectivity index (χ0v) is 8.67. The highest BCUT2D eigenvalue weighted by Gasteiger charge is 2.15. The third-order valence-electron chi connectivity index (χ3n) is 3.04. The molecule has 13 heavy (non-hydrogen) atoms. The van der Waals surface area contributed by atoms with E-state index < -0.39 is 0 Å². The minimum atomic E-state index is 0.530. The number of hydrogen-bond donors (Lipinski definition) is 0. The summed E-state index contributed by atoms with van der Waals surface area (Å²) in [7, 11) is 0. The van der Waals surface area contributed by atoms with Crippen LogP contribution in [-0.4, -0.2) is 23.9 Å². The summed E-state index contributed by atoms with van der Waals surface area (Å²) in [4.78, 5) is 12.7. The molecule has 0 aromatic carbocycles. The van der Waals surface area contributed by atoms with Gasteiger partial charge in [-0.25, -0.2) is 0 Å². The first-order valence-electron chi connectivity index (χ1n) is 5.59. The molecule has 0 aromatic heterocycles. The van der Waals surface area contributed by atoms with Gasteiger partial charge in [0.25, 0.3) is 0 Å². The van der Waals surface area contributed by atoms with Gasteiger partial charge in [-0.3, -0.25) is 4.79 Å². The summed E-state index contributed by atoms with van der Waals surface area (Å²) in [6, 6.07) is 0.530. The lowest BCUT2D eigenvalue weighted by Gasteiger charge is -2.28. The Hall–Kier alpha value is -0.530. The number of amides is 1. The zero-order chi connectivity index (χ0) is 9.52. The van der Waals surface area contributed by atoms with E-state index in [2.05, 4.69) is 6.92 Å². The van der Waals surface area contributed by atoms with Crippen LogP contribution in [0.1, 0.15) is 51.9 Å².